The van der Waals surface area contributed by atoms with Gasteiger partial charge >= 0.3 is 0 Å². The molecule has 0 aliphatic carbocycles. The highest BCUT2D eigenvalue weighted by molar-refractivity contribution is 7.99. The van der Waals surface area contributed by atoms with Crippen LogP contribution in [0.3, 0.4) is 0 Å². The van der Waals surface area contributed by atoms with Crippen molar-refractivity contribution in [2.45, 2.75) is 56.9 Å². The van der Waals surface area contributed by atoms with Crippen molar-refractivity contribution < 1.29 is 0 Å². The molecular formula is C13H25N3S. The van der Waals surface area contributed by atoms with Crippen molar-refractivity contribution in [3.63, 3.8) is 0 Å². The molecule has 0 radical (unpaired) electrons. The Bertz CT molecular complexity index is 358. The van der Waals surface area contributed by atoms with Gasteiger partial charge in [-0.3, -0.25) is 4.68 Å². The van der Waals surface area contributed by atoms with E-state index >= 15 is 0 Å². The summed E-state index contributed by atoms with van der Waals surface area (Å²) in [5, 5.41) is 9.76. The molecule has 1 aromatic heterocycles. The Morgan fingerprint density at radius 2 is 2.18 bits per heavy atom. The number of nitrogens with one attached hydrogen (secondary N) is 1. The highest BCUT2D eigenvalue weighted by Crippen LogP contribution is 2.23. The average molecular weight is 255 g/mol. The first-order valence-corrected chi connectivity index (χ1v) is 7.14. The lowest BCUT2D eigenvalue weighted by molar-refractivity contribution is 0.379. The van der Waals surface area contributed by atoms with E-state index in [0.29, 0.717) is 5.25 Å². The molecule has 1 rings (SSSR count). The number of nitrogens with zero attached hydrogens (tertiary/aromatic N) is 2. The molecule has 17 heavy (non-hydrogen) atoms. The first-order chi connectivity index (χ1) is 7.84. The lowest BCUT2D eigenvalue weighted by Crippen LogP contribution is -2.41. The van der Waals surface area contributed by atoms with Crippen LogP contribution in [0.2, 0.25) is 0 Å². The summed E-state index contributed by atoms with van der Waals surface area (Å²) in [4.78, 5) is 0. The van der Waals surface area contributed by atoms with Gasteiger partial charge in [-0.05, 0) is 33.3 Å². The summed E-state index contributed by atoms with van der Waals surface area (Å²) in [6.45, 7) is 12.0. The van der Waals surface area contributed by atoms with Crippen molar-refractivity contribution in [2.75, 3.05) is 6.54 Å². The average Bonchev–Trinajstić information content (AvgIpc) is 2.55. The van der Waals surface area contributed by atoms with Crippen molar-refractivity contribution in [1.82, 2.24) is 15.1 Å². The summed E-state index contributed by atoms with van der Waals surface area (Å²) >= 11 is 1.88. The quantitative estimate of drug-likeness (QED) is 0.793. The van der Waals surface area contributed by atoms with E-state index in [0.717, 1.165) is 18.7 Å². The van der Waals surface area contributed by atoms with E-state index in [4.69, 9.17) is 0 Å². The van der Waals surface area contributed by atoms with Gasteiger partial charge in [-0.2, -0.15) is 5.10 Å². The van der Waals surface area contributed by atoms with Gasteiger partial charge in [0.25, 0.3) is 0 Å². The topological polar surface area (TPSA) is 29.9 Å². The van der Waals surface area contributed by atoms with Gasteiger partial charge < -0.3 is 5.32 Å². The monoisotopic (exact) mass is 255 g/mol. The summed E-state index contributed by atoms with van der Waals surface area (Å²) in [7, 11) is 2.01. The van der Waals surface area contributed by atoms with Gasteiger partial charge in [-0.15, -0.1) is 11.8 Å². The molecule has 0 saturated heterocycles. The SMILES string of the molecule is CCC(C)(C)NCC(C)Sc1cc(C)nn1C. The number of hydrogen-bond donors (Lipinski definition) is 1. The van der Waals surface area contributed by atoms with Crippen LogP contribution >= 0.6 is 11.8 Å². The minimum absolute atomic E-state index is 0.233. The highest BCUT2D eigenvalue weighted by Gasteiger charge is 2.16. The first kappa shape index (κ1) is 14.6. The van der Waals surface area contributed by atoms with Crippen molar-refractivity contribution in [2.24, 2.45) is 7.05 Å². The number of thioether (sulfide) groups is 1. The smallest absolute Gasteiger partial charge is 0.0942 e. The maximum absolute atomic E-state index is 4.36. The molecule has 1 unspecified atom stereocenters. The molecular weight excluding hydrogens is 230 g/mol. The van der Waals surface area contributed by atoms with Crippen molar-refractivity contribution in [3.05, 3.63) is 11.8 Å². The number of aromatic nitrogens is 2. The minimum atomic E-state index is 0.233. The molecule has 0 fully saturated rings. The lowest BCUT2D eigenvalue weighted by Gasteiger charge is -2.26. The number of hydrogen-bond acceptors (Lipinski definition) is 3. The molecule has 1 aromatic rings. The fraction of sp³-hybridized carbons (Fsp3) is 0.769. The summed E-state index contributed by atoms with van der Waals surface area (Å²) in [5.41, 5.74) is 1.32. The second kappa shape index (κ2) is 5.91. The van der Waals surface area contributed by atoms with Crippen LogP contribution in [0.15, 0.2) is 11.1 Å². The molecule has 1 heterocycles. The van der Waals surface area contributed by atoms with Crippen LogP contribution in [-0.2, 0) is 7.05 Å². The third kappa shape index (κ3) is 4.72. The standard InChI is InChI=1S/C13H25N3S/c1-7-13(4,5)14-9-11(3)17-12-8-10(2)15-16(12)6/h8,11,14H,7,9H2,1-6H3. The molecule has 4 heteroatoms. The normalized spacial score (nSPS) is 14.0. The fourth-order valence-corrected chi connectivity index (χ4v) is 2.50. The minimum Gasteiger partial charge on any atom is -0.311 e. The molecule has 0 aliphatic rings. The Labute approximate surface area is 109 Å². The predicted molar refractivity (Wildman–Crippen MR) is 75.6 cm³/mol. The predicted octanol–water partition coefficient (Wildman–Crippen LogP) is 2.99. The zero-order chi connectivity index (χ0) is 13.1. The van der Waals surface area contributed by atoms with E-state index in [1.807, 2.05) is 30.4 Å². The van der Waals surface area contributed by atoms with Gasteiger partial charge in [-0.1, -0.05) is 13.8 Å². The maximum Gasteiger partial charge on any atom is 0.0942 e. The van der Waals surface area contributed by atoms with E-state index in [1.165, 1.54) is 5.03 Å². The van der Waals surface area contributed by atoms with Crippen LogP contribution in [0.25, 0.3) is 0 Å². The third-order valence-corrected chi connectivity index (χ3v) is 4.23. The molecule has 0 aromatic carbocycles. The summed E-state index contributed by atoms with van der Waals surface area (Å²) in [5.74, 6) is 0. The molecule has 3 nitrogen and oxygen atoms in total. The van der Waals surface area contributed by atoms with Crippen molar-refractivity contribution in [3.8, 4) is 0 Å². The maximum atomic E-state index is 4.36. The lowest BCUT2D eigenvalue weighted by atomic mass is 10.0. The van der Waals surface area contributed by atoms with Crippen LogP contribution in [0.5, 0.6) is 0 Å². The van der Waals surface area contributed by atoms with Crippen LogP contribution < -0.4 is 5.32 Å². The molecule has 0 aliphatic heterocycles. The third-order valence-electron chi connectivity index (χ3n) is 3.03. The van der Waals surface area contributed by atoms with Crippen LogP contribution in [-0.4, -0.2) is 27.1 Å². The highest BCUT2D eigenvalue weighted by atomic mass is 32.2. The summed E-state index contributed by atoms with van der Waals surface area (Å²) in [6, 6.07) is 2.14. The van der Waals surface area contributed by atoms with Gasteiger partial charge in [0.15, 0.2) is 0 Å². The molecule has 1 N–H and O–H groups in total. The fourth-order valence-electron chi connectivity index (χ4n) is 1.49. The van der Waals surface area contributed by atoms with Crippen molar-refractivity contribution in [1.29, 1.82) is 0 Å². The Balaban J connectivity index is 2.45. The van der Waals surface area contributed by atoms with Gasteiger partial charge in [0.2, 0.25) is 0 Å². The first-order valence-electron chi connectivity index (χ1n) is 6.26. The van der Waals surface area contributed by atoms with Crippen LogP contribution in [0, 0.1) is 6.92 Å². The summed E-state index contributed by atoms with van der Waals surface area (Å²) in [6.07, 6.45) is 1.15. The second-order valence-corrected chi connectivity index (χ2v) is 6.75. The largest absolute Gasteiger partial charge is 0.311 e. The Morgan fingerprint density at radius 1 is 1.53 bits per heavy atom. The molecule has 0 bridgehead atoms. The Kier molecular flexibility index (Phi) is 5.07. The Morgan fingerprint density at radius 3 is 2.65 bits per heavy atom. The number of rotatable bonds is 6. The molecule has 0 saturated carbocycles. The van der Waals surface area contributed by atoms with Crippen LogP contribution in [0.4, 0.5) is 0 Å². The molecule has 0 amide bonds. The second-order valence-electron chi connectivity index (χ2n) is 5.29. The molecule has 98 valence electrons. The molecule has 0 spiro atoms. The Hall–Kier alpha value is -0.480. The zero-order valence-corrected chi connectivity index (χ0v) is 12.7. The van der Waals surface area contributed by atoms with E-state index < -0.39 is 0 Å². The number of aryl methyl sites for hydroxylation is 2. The van der Waals surface area contributed by atoms with E-state index in [-0.39, 0.29) is 5.54 Å². The molecule has 1 atom stereocenters. The zero-order valence-electron chi connectivity index (χ0n) is 11.9. The van der Waals surface area contributed by atoms with E-state index in [1.54, 1.807) is 0 Å². The van der Waals surface area contributed by atoms with E-state index in [9.17, 15) is 0 Å². The van der Waals surface area contributed by atoms with Gasteiger partial charge in [0.1, 0.15) is 0 Å². The van der Waals surface area contributed by atoms with Crippen molar-refractivity contribution >= 4 is 11.8 Å². The summed E-state index contributed by atoms with van der Waals surface area (Å²) < 4.78 is 1.96. The van der Waals surface area contributed by atoms with Crippen LogP contribution in [0.1, 0.15) is 39.8 Å². The van der Waals surface area contributed by atoms with Gasteiger partial charge in [0.05, 0.1) is 10.7 Å². The van der Waals surface area contributed by atoms with Gasteiger partial charge in [-0.25, -0.2) is 0 Å². The van der Waals surface area contributed by atoms with Gasteiger partial charge in [0, 0.05) is 24.4 Å². The van der Waals surface area contributed by atoms with E-state index in [2.05, 4.69) is 44.2 Å².